The number of primary amides is 1. The summed E-state index contributed by atoms with van der Waals surface area (Å²) in [5.74, 6) is -0.530. The Kier molecular flexibility index (Phi) is 3.74. The number of hydrogen-bond acceptors (Lipinski definition) is 4. The monoisotopic (exact) mass is 322 g/mol. The molecule has 0 bridgehead atoms. The number of carbonyl (C=O) groups is 1. The zero-order valence-electron chi connectivity index (χ0n) is 13.2. The van der Waals surface area contributed by atoms with Crippen molar-refractivity contribution in [2.75, 3.05) is 6.61 Å². The third-order valence-corrected chi connectivity index (χ3v) is 4.36. The van der Waals surface area contributed by atoms with Gasteiger partial charge in [-0.15, -0.1) is 0 Å². The van der Waals surface area contributed by atoms with E-state index in [4.69, 9.17) is 10.5 Å². The summed E-state index contributed by atoms with van der Waals surface area (Å²) in [6, 6.07) is 9.78. The van der Waals surface area contributed by atoms with Gasteiger partial charge in [0.15, 0.2) is 11.9 Å². The van der Waals surface area contributed by atoms with E-state index in [1.54, 1.807) is 17.1 Å². The van der Waals surface area contributed by atoms with Gasteiger partial charge in [-0.05, 0) is 43.0 Å². The van der Waals surface area contributed by atoms with Gasteiger partial charge in [0.25, 0.3) is 5.91 Å². The van der Waals surface area contributed by atoms with Gasteiger partial charge >= 0.3 is 0 Å². The summed E-state index contributed by atoms with van der Waals surface area (Å²) < 4.78 is 7.61. The first kappa shape index (κ1) is 14.8. The number of benzene rings is 1. The van der Waals surface area contributed by atoms with Crippen LogP contribution in [0.4, 0.5) is 0 Å². The molecule has 2 aromatic heterocycles. The SMILES string of the molecule is NC(=O)c1nn(C2CCCCO2)c2ccc(-c3cccnc3)cc12. The number of fused-ring (bicyclic) bond motifs is 1. The van der Waals surface area contributed by atoms with Gasteiger partial charge in [0, 0.05) is 30.0 Å². The number of aromatic nitrogens is 3. The molecule has 0 aliphatic carbocycles. The van der Waals surface area contributed by atoms with E-state index in [0.29, 0.717) is 6.61 Å². The van der Waals surface area contributed by atoms with Crippen molar-refractivity contribution < 1.29 is 9.53 Å². The molecule has 2 N–H and O–H groups in total. The van der Waals surface area contributed by atoms with Crippen LogP contribution in [0, 0.1) is 0 Å². The van der Waals surface area contributed by atoms with Gasteiger partial charge in [-0.1, -0.05) is 12.1 Å². The summed E-state index contributed by atoms with van der Waals surface area (Å²) in [7, 11) is 0. The molecule has 1 aliphatic heterocycles. The lowest BCUT2D eigenvalue weighted by Gasteiger charge is -2.23. The Hall–Kier alpha value is -2.73. The number of ether oxygens (including phenoxy) is 1. The second kappa shape index (κ2) is 6.05. The van der Waals surface area contributed by atoms with Crippen LogP contribution in [-0.2, 0) is 4.74 Å². The molecule has 1 fully saturated rings. The third-order valence-electron chi connectivity index (χ3n) is 4.36. The van der Waals surface area contributed by atoms with E-state index in [2.05, 4.69) is 10.1 Å². The van der Waals surface area contributed by atoms with Crippen molar-refractivity contribution in [2.24, 2.45) is 5.73 Å². The van der Waals surface area contributed by atoms with Crippen LogP contribution in [0.15, 0.2) is 42.7 Å². The van der Waals surface area contributed by atoms with Crippen LogP contribution >= 0.6 is 0 Å². The molecule has 0 radical (unpaired) electrons. The molecule has 6 nitrogen and oxygen atoms in total. The highest BCUT2D eigenvalue weighted by Gasteiger charge is 2.23. The minimum atomic E-state index is -0.530. The Balaban J connectivity index is 1.86. The molecule has 1 atom stereocenters. The number of pyridine rings is 1. The summed E-state index contributed by atoms with van der Waals surface area (Å²) in [4.78, 5) is 16.0. The molecule has 1 saturated heterocycles. The molecule has 24 heavy (non-hydrogen) atoms. The van der Waals surface area contributed by atoms with E-state index in [9.17, 15) is 4.79 Å². The zero-order chi connectivity index (χ0) is 16.5. The van der Waals surface area contributed by atoms with Crippen molar-refractivity contribution in [2.45, 2.75) is 25.5 Å². The minimum absolute atomic E-state index is 0.140. The second-order valence-corrected chi connectivity index (χ2v) is 5.95. The van der Waals surface area contributed by atoms with Crippen LogP contribution in [0.2, 0.25) is 0 Å². The minimum Gasteiger partial charge on any atom is -0.364 e. The van der Waals surface area contributed by atoms with Crippen molar-refractivity contribution in [1.29, 1.82) is 0 Å². The third kappa shape index (κ3) is 2.55. The van der Waals surface area contributed by atoms with Crippen LogP contribution in [0.3, 0.4) is 0 Å². The molecule has 1 aliphatic rings. The van der Waals surface area contributed by atoms with Crippen LogP contribution in [0.1, 0.15) is 36.0 Å². The first-order valence-electron chi connectivity index (χ1n) is 8.08. The van der Waals surface area contributed by atoms with Crippen LogP contribution in [0.5, 0.6) is 0 Å². The van der Waals surface area contributed by atoms with Gasteiger partial charge < -0.3 is 10.5 Å². The predicted octanol–water partition coefficient (Wildman–Crippen LogP) is 2.90. The van der Waals surface area contributed by atoms with Gasteiger partial charge in [-0.3, -0.25) is 9.78 Å². The molecule has 1 unspecified atom stereocenters. The lowest BCUT2D eigenvalue weighted by atomic mass is 10.0. The van der Waals surface area contributed by atoms with Gasteiger partial charge in [-0.25, -0.2) is 4.68 Å². The molecular formula is C18H18N4O2. The zero-order valence-corrected chi connectivity index (χ0v) is 13.2. The van der Waals surface area contributed by atoms with E-state index < -0.39 is 5.91 Å². The van der Waals surface area contributed by atoms with Crippen LogP contribution < -0.4 is 5.73 Å². The Morgan fingerprint density at radius 3 is 2.88 bits per heavy atom. The first-order chi connectivity index (χ1) is 11.7. The summed E-state index contributed by atoms with van der Waals surface area (Å²) in [5.41, 5.74) is 8.65. The number of nitrogens with two attached hydrogens (primary N) is 1. The molecule has 4 rings (SSSR count). The van der Waals surface area contributed by atoms with Gasteiger partial charge in [-0.2, -0.15) is 5.10 Å². The average Bonchev–Trinajstić information content (AvgIpc) is 3.02. The molecule has 3 aromatic rings. The second-order valence-electron chi connectivity index (χ2n) is 5.95. The van der Waals surface area contributed by atoms with E-state index in [-0.39, 0.29) is 11.9 Å². The quantitative estimate of drug-likeness (QED) is 0.803. The Labute approximate surface area is 139 Å². The largest absolute Gasteiger partial charge is 0.364 e. The van der Waals surface area contributed by atoms with E-state index in [1.807, 2.05) is 30.3 Å². The van der Waals surface area contributed by atoms with Crippen LogP contribution in [-0.4, -0.2) is 27.3 Å². The first-order valence-corrected chi connectivity index (χ1v) is 8.08. The fourth-order valence-corrected chi connectivity index (χ4v) is 3.17. The maximum atomic E-state index is 11.9. The lowest BCUT2D eigenvalue weighted by molar-refractivity contribution is -0.0367. The lowest BCUT2D eigenvalue weighted by Crippen LogP contribution is -2.20. The Bertz CT molecular complexity index is 883. The number of nitrogens with zero attached hydrogens (tertiary/aromatic N) is 3. The molecule has 0 spiro atoms. The normalized spacial score (nSPS) is 17.9. The highest BCUT2D eigenvalue weighted by atomic mass is 16.5. The highest BCUT2D eigenvalue weighted by Crippen LogP contribution is 2.31. The molecule has 0 saturated carbocycles. The summed E-state index contributed by atoms with van der Waals surface area (Å²) >= 11 is 0. The summed E-state index contributed by atoms with van der Waals surface area (Å²) in [5, 5.41) is 5.20. The molecule has 3 heterocycles. The number of hydrogen-bond donors (Lipinski definition) is 1. The predicted molar refractivity (Wildman–Crippen MR) is 90.3 cm³/mol. The van der Waals surface area contributed by atoms with Crippen LogP contribution in [0.25, 0.3) is 22.0 Å². The summed E-state index contributed by atoms with van der Waals surface area (Å²) in [6.07, 6.45) is 6.42. The highest BCUT2D eigenvalue weighted by molar-refractivity contribution is 6.05. The molecule has 1 amide bonds. The van der Waals surface area contributed by atoms with E-state index >= 15 is 0 Å². The molecule has 122 valence electrons. The van der Waals surface area contributed by atoms with E-state index in [0.717, 1.165) is 41.3 Å². The smallest absolute Gasteiger partial charge is 0.269 e. The van der Waals surface area contributed by atoms with Crippen molar-refractivity contribution in [1.82, 2.24) is 14.8 Å². The van der Waals surface area contributed by atoms with Crippen molar-refractivity contribution in [3.05, 3.63) is 48.4 Å². The maximum absolute atomic E-state index is 11.9. The fraction of sp³-hybridized carbons (Fsp3) is 0.278. The molecule has 6 heteroatoms. The number of carbonyl (C=O) groups excluding carboxylic acids is 1. The Morgan fingerprint density at radius 2 is 2.17 bits per heavy atom. The number of amides is 1. The van der Waals surface area contributed by atoms with Gasteiger partial charge in [0.2, 0.25) is 0 Å². The van der Waals surface area contributed by atoms with Gasteiger partial charge in [0.05, 0.1) is 5.52 Å². The van der Waals surface area contributed by atoms with Crippen molar-refractivity contribution >= 4 is 16.8 Å². The Morgan fingerprint density at radius 1 is 1.25 bits per heavy atom. The summed E-state index contributed by atoms with van der Waals surface area (Å²) in [6.45, 7) is 0.714. The maximum Gasteiger partial charge on any atom is 0.269 e. The molecule has 1 aromatic carbocycles. The number of rotatable bonds is 3. The fourth-order valence-electron chi connectivity index (χ4n) is 3.17. The topological polar surface area (TPSA) is 83.0 Å². The van der Waals surface area contributed by atoms with Crippen molar-refractivity contribution in [3.63, 3.8) is 0 Å². The molecular weight excluding hydrogens is 304 g/mol. The average molecular weight is 322 g/mol. The van der Waals surface area contributed by atoms with Crippen molar-refractivity contribution in [3.8, 4) is 11.1 Å². The van der Waals surface area contributed by atoms with E-state index in [1.165, 1.54) is 0 Å². The van der Waals surface area contributed by atoms with Gasteiger partial charge in [0.1, 0.15) is 0 Å². The standard InChI is InChI=1S/C18H18N4O2/c19-18(23)17-14-10-12(13-4-3-8-20-11-13)6-7-15(14)22(21-17)16-5-1-2-9-24-16/h3-4,6-8,10-11,16H,1-2,5,9H2,(H2,19,23).